The van der Waals surface area contributed by atoms with Gasteiger partial charge in [0.25, 0.3) is 0 Å². The van der Waals surface area contributed by atoms with Gasteiger partial charge < -0.3 is 14.5 Å². The number of carbonyl (C=O) groups is 1. The van der Waals surface area contributed by atoms with Crippen molar-refractivity contribution in [3.63, 3.8) is 0 Å². The number of pyridine rings is 1. The van der Waals surface area contributed by atoms with Crippen LogP contribution in [0.1, 0.15) is 39.2 Å². The van der Waals surface area contributed by atoms with Gasteiger partial charge in [0, 0.05) is 31.9 Å². The molecule has 1 saturated heterocycles. The van der Waals surface area contributed by atoms with E-state index in [0.717, 1.165) is 37.1 Å². The molecule has 0 bridgehead atoms. The van der Waals surface area contributed by atoms with Gasteiger partial charge in [-0.1, -0.05) is 0 Å². The van der Waals surface area contributed by atoms with Crippen molar-refractivity contribution in [2.75, 3.05) is 20.1 Å². The fraction of sp³-hybridized carbons (Fsp3) is 0.647. The SMILES string of the molecule is CN(Cc1ccnc(Br)c1)C[C@H]1CCCN1C(=O)OC(C)(C)C. The molecule has 0 saturated carbocycles. The Labute approximate surface area is 147 Å². The number of rotatable bonds is 4. The molecule has 1 aromatic rings. The minimum absolute atomic E-state index is 0.194. The molecule has 1 fully saturated rings. The molecule has 1 aliphatic heterocycles. The molecular weight excluding hydrogens is 358 g/mol. The minimum atomic E-state index is -0.445. The summed E-state index contributed by atoms with van der Waals surface area (Å²) >= 11 is 3.40. The monoisotopic (exact) mass is 383 g/mol. The third kappa shape index (κ3) is 5.77. The molecule has 5 nitrogen and oxygen atoms in total. The van der Waals surface area contributed by atoms with Crippen LogP contribution in [-0.4, -0.2) is 52.7 Å². The smallest absolute Gasteiger partial charge is 0.410 e. The average Bonchev–Trinajstić information content (AvgIpc) is 2.84. The first-order chi connectivity index (χ1) is 10.7. The average molecular weight is 384 g/mol. The highest BCUT2D eigenvalue weighted by atomic mass is 79.9. The standard InChI is InChI=1S/C17H26BrN3O2/c1-17(2,3)23-16(22)21-9-5-6-14(21)12-20(4)11-13-7-8-19-15(18)10-13/h7-8,10,14H,5-6,9,11-12H2,1-4H3/t14-/m1/s1. The first-order valence-corrected chi connectivity index (χ1v) is 8.82. The summed E-state index contributed by atoms with van der Waals surface area (Å²) in [4.78, 5) is 20.6. The number of aromatic nitrogens is 1. The zero-order valence-electron chi connectivity index (χ0n) is 14.4. The molecule has 2 rings (SSSR count). The summed E-state index contributed by atoms with van der Waals surface area (Å²) in [6, 6.07) is 4.26. The predicted octanol–water partition coefficient (Wildman–Crippen LogP) is 3.68. The number of hydrogen-bond donors (Lipinski definition) is 0. The summed E-state index contributed by atoms with van der Waals surface area (Å²) in [5.41, 5.74) is 0.760. The number of likely N-dealkylation sites (N-methyl/N-ethyl adjacent to an activating group) is 1. The van der Waals surface area contributed by atoms with Crippen LogP contribution in [-0.2, 0) is 11.3 Å². The Hall–Kier alpha value is -1.14. The Balaban J connectivity index is 1.91. The maximum absolute atomic E-state index is 12.3. The van der Waals surface area contributed by atoms with E-state index in [-0.39, 0.29) is 12.1 Å². The highest BCUT2D eigenvalue weighted by Crippen LogP contribution is 2.22. The molecule has 1 aliphatic rings. The van der Waals surface area contributed by atoms with E-state index < -0.39 is 5.60 Å². The second-order valence-corrected chi connectivity index (χ2v) is 7.97. The molecule has 1 atom stereocenters. The van der Waals surface area contributed by atoms with Gasteiger partial charge in [-0.2, -0.15) is 0 Å². The lowest BCUT2D eigenvalue weighted by molar-refractivity contribution is 0.0201. The van der Waals surface area contributed by atoms with Crippen LogP contribution in [0.3, 0.4) is 0 Å². The van der Waals surface area contributed by atoms with E-state index in [1.165, 1.54) is 5.56 Å². The highest BCUT2D eigenvalue weighted by molar-refractivity contribution is 9.10. The Morgan fingerprint density at radius 3 is 2.91 bits per heavy atom. The number of halogens is 1. The molecule has 23 heavy (non-hydrogen) atoms. The third-order valence-electron chi connectivity index (χ3n) is 3.77. The fourth-order valence-corrected chi connectivity index (χ4v) is 3.28. The zero-order chi connectivity index (χ0) is 17.0. The number of likely N-dealkylation sites (tertiary alicyclic amines) is 1. The first-order valence-electron chi connectivity index (χ1n) is 8.03. The van der Waals surface area contributed by atoms with E-state index in [1.54, 1.807) is 6.20 Å². The lowest BCUT2D eigenvalue weighted by atomic mass is 10.2. The number of ether oxygens (including phenoxy) is 1. The Bertz CT molecular complexity index is 545. The molecular formula is C17H26BrN3O2. The quantitative estimate of drug-likeness (QED) is 0.743. The predicted molar refractivity (Wildman–Crippen MR) is 94.2 cm³/mol. The van der Waals surface area contributed by atoms with E-state index in [9.17, 15) is 4.79 Å². The van der Waals surface area contributed by atoms with Crippen molar-refractivity contribution < 1.29 is 9.53 Å². The van der Waals surface area contributed by atoms with Gasteiger partial charge in [-0.05, 0) is 74.3 Å². The van der Waals surface area contributed by atoms with Gasteiger partial charge in [0.05, 0.1) is 0 Å². The van der Waals surface area contributed by atoms with Gasteiger partial charge in [-0.3, -0.25) is 0 Å². The van der Waals surface area contributed by atoms with Crippen molar-refractivity contribution in [3.8, 4) is 0 Å². The lowest BCUT2D eigenvalue weighted by Crippen LogP contribution is -2.44. The summed E-state index contributed by atoms with van der Waals surface area (Å²) in [5, 5.41) is 0. The number of hydrogen-bond acceptors (Lipinski definition) is 4. The molecule has 0 radical (unpaired) electrons. The maximum Gasteiger partial charge on any atom is 0.410 e. The van der Waals surface area contributed by atoms with Crippen LogP contribution in [0.25, 0.3) is 0 Å². The Kier molecular flexibility index (Phi) is 6.03. The molecule has 0 spiro atoms. The van der Waals surface area contributed by atoms with Crippen LogP contribution in [0.5, 0.6) is 0 Å². The van der Waals surface area contributed by atoms with Gasteiger partial charge in [0.15, 0.2) is 0 Å². The van der Waals surface area contributed by atoms with Crippen LogP contribution in [0.4, 0.5) is 4.79 Å². The van der Waals surface area contributed by atoms with Crippen molar-refractivity contribution >= 4 is 22.0 Å². The van der Waals surface area contributed by atoms with Crippen LogP contribution in [0, 0.1) is 0 Å². The first kappa shape index (κ1) is 18.2. The Morgan fingerprint density at radius 1 is 1.52 bits per heavy atom. The molecule has 128 valence electrons. The second-order valence-electron chi connectivity index (χ2n) is 7.15. The number of amides is 1. The fourth-order valence-electron chi connectivity index (χ4n) is 2.86. The van der Waals surface area contributed by atoms with E-state index in [4.69, 9.17) is 4.74 Å². The maximum atomic E-state index is 12.3. The van der Waals surface area contributed by atoms with Crippen molar-refractivity contribution in [1.29, 1.82) is 0 Å². The second kappa shape index (κ2) is 7.62. The van der Waals surface area contributed by atoms with Crippen molar-refractivity contribution in [2.24, 2.45) is 0 Å². The molecule has 1 amide bonds. The summed E-state index contributed by atoms with van der Waals surface area (Å²) in [5.74, 6) is 0. The van der Waals surface area contributed by atoms with Gasteiger partial charge in [-0.25, -0.2) is 9.78 Å². The van der Waals surface area contributed by atoms with Crippen LogP contribution in [0.2, 0.25) is 0 Å². The summed E-state index contributed by atoms with van der Waals surface area (Å²) in [6.45, 7) is 8.18. The molecule has 1 aromatic heterocycles. The van der Waals surface area contributed by atoms with E-state index in [2.05, 4.69) is 32.9 Å². The third-order valence-corrected chi connectivity index (χ3v) is 4.20. The molecule has 0 aromatic carbocycles. The van der Waals surface area contributed by atoms with Crippen LogP contribution < -0.4 is 0 Å². The van der Waals surface area contributed by atoms with Gasteiger partial charge >= 0.3 is 6.09 Å². The molecule has 0 unspecified atom stereocenters. The number of nitrogens with zero attached hydrogens (tertiary/aromatic N) is 3. The van der Waals surface area contributed by atoms with E-state index >= 15 is 0 Å². The summed E-state index contributed by atoms with van der Waals surface area (Å²) in [7, 11) is 2.08. The normalized spacial score (nSPS) is 18.5. The molecule has 0 aliphatic carbocycles. The van der Waals surface area contributed by atoms with Crippen molar-refractivity contribution in [2.45, 2.75) is 51.8 Å². The topological polar surface area (TPSA) is 45.7 Å². The van der Waals surface area contributed by atoms with Crippen LogP contribution in [0.15, 0.2) is 22.9 Å². The Morgan fingerprint density at radius 2 is 2.26 bits per heavy atom. The summed E-state index contributed by atoms with van der Waals surface area (Å²) in [6.07, 6.45) is 3.68. The van der Waals surface area contributed by atoms with E-state index in [1.807, 2.05) is 37.8 Å². The molecule has 6 heteroatoms. The van der Waals surface area contributed by atoms with Crippen molar-refractivity contribution in [3.05, 3.63) is 28.5 Å². The van der Waals surface area contributed by atoms with Gasteiger partial charge in [0.1, 0.15) is 10.2 Å². The largest absolute Gasteiger partial charge is 0.444 e. The highest BCUT2D eigenvalue weighted by Gasteiger charge is 2.32. The van der Waals surface area contributed by atoms with Gasteiger partial charge in [-0.15, -0.1) is 0 Å². The van der Waals surface area contributed by atoms with Crippen molar-refractivity contribution in [1.82, 2.24) is 14.8 Å². The van der Waals surface area contributed by atoms with Gasteiger partial charge in [0.2, 0.25) is 0 Å². The minimum Gasteiger partial charge on any atom is -0.444 e. The van der Waals surface area contributed by atoms with Crippen LogP contribution >= 0.6 is 15.9 Å². The number of carbonyl (C=O) groups excluding carboxylic acids is 1. The molecule has 0 N–H and O–H groups in total. The summed E-state index contributed by atoms with van der Waals surface area (Å²) < 4.78 is 6.37. The molecule has 2 heterocycles. The lowest BCUT2D eigenvalue weighted by Gasteiger charge is -2.31. The van der Waals surface area contributed by atoms with E-state index in [0.29, 0.717) is 0 Å². The zero-order valence-corrected chi connectivity index (χ0v) is 16.0.